The number of hydrogen-bond acceptors (Lipinski definition) is 4. The van der Waals surface area contributed by atoms with Gasteiger partial charge in [0.05, 0.1) is 0 Å². The van der Waals surface area contributed by atoms with E-state index in [1.807, 2.05) is 4.90 Å². The first kappa shape index (κ1) is 23.0. The molecule has 1 heterocycles. The molecule has 2 rings (SSSR count). The second-order valence-electron chi connectivity index (χ2n) is 8.22. The summed E-state index contributed by atoms with van der Waals surface area (Å²) in [6.07, 6.45) is 1.40. The zero-order valence-electron chi connectivity index (χ0n) is 17.3. The van der Waals surface area contributed by atoms with Crippen molar-refractivity contribution in [3.63, 3.8) is 0 Å². The molecule has 0 aliphatic carbocycles. The Balaban J connectivity index is 1.64. The first-order valence-corrected chi connectivity index (χ1v) is 10.3. The van der Waals surface area contributed by atoms with Crippen LogP contribution in [0.1, 0.15) is 50.4 Å². The minimum Gasteiger partial charge on any atom is -0.444 e. The van der Waals surface area contributed by atoms with Crippen LogP contribution >= 0.6 is 11.6 Å². The molecule has 29 heavy (non-hydrogen) atoms. The van der Waals surface area contributed by atoms with Crippen LogP contribution in [0.5, 0.6) is 0 Å². The molecule has 0 radical (unpaired) electrons. The van der Waals surface area contributed by atoms with E-state index in [2.05, 4.69) is 10.6 Å². The largest absolute Gasteiger partial charge is 0.444 e. The zero-order valence-corrected chi connectivity index (χ0v) is 18.1. The number of halogens is 1. The van der Waals surface area contributed by atoms with Gasteiger partial charge in [-0.3, -0.25) is 9.59 Å². The number of nitrogens with zero attached hydrogens (tertiary/aromatic N) is 1. The number of ether oxygens (including phenoxy) is 1. The number of alkyl carbamates (subject to hydrolysis) is 1. The molecular weight excluding hydrogens is 394 g/mol. The molecule has 0 spiro atoms. The number of likely N-dealkylation sites (tertiary alicyclic amines) is 1. The van der Waals surface area contributed by atoms with Crippen LogP contribution in [0.2, 0.25) is 5.02 Å². The molecule has 1 aliphatic rings. The Bertz CT molecular complexity index is 725. The van der Waals surface area contributed by atoms with E-state index in [0.717, 1.165) is 12.8 Å². The molecule has 2 N–H and O–H groups in total. The lowest BCUT2D eigenvalue weighted by Gasteiger charge is -2.32. The highest BCUT2D eigenvalue weighted by Crippen LogP contribution is 2.17. The Morgan fingerprint density at radius 1 is 1.17 bits per heavy atom. The van der Waals surface area contributed by atoms with Crippen LogP contribution in [0, 0.1) is 5.92 Å². The second kappa shape index (κ2) is 10.5. The third-order valence-corrected chi connectivity index (χ3v) is 4.85. The van der Waals surface area contributed by atoms with Gasteiger partial charge in [0.1, 0.15) is 5.60 Å². The summed E-state index contributed by atoms with van der Waals surface area (Å²) in [6, 6.07) is 6.85. The van der Waals surface area contributed by atoms with Crippen molar-refractivity contribution in [1.29, 1.82) is 0 Å². The van der Waals surface area contributed by atoms with Gasteiger partial charge in [-0.1, -0.05) is 17.7 Å². The van der Waals surface area contributed by atoms with Crippen LogP contribution < -0.4 is 10.6 Å². The standard InChI is InChI=1S/C21H30ClN3O4/c1-21(2,3)29-20(28)23-10-7-18(26)25-11-8-15(9-12-25)14-24-19(27)16-5-4-6-17(22)13-16/h4-6,13,15H,7-12,14H2,1-3H3,(H,23,28)(H,24,27). The average molecular weight is 424 g/mol. The molecule has 1 aliphatic heterocycles. The fourth-order valence-electron chi connectivity index (χ4n) is 3.10. The summed E-state index contributed by atoms with van der Waals surface area (Å²) >= 11 is 5.92. The van der Waals surface area contributed by atoms with Gasteiger partial charge in [0.15, 0.2) is 0 Å². The fraction of sp³-hybridized carbons (Fsp3) is 0.571. The van der Waals surface area contributed by atoms with Gasteiger partial charge in [-0.15, -0.1) is 0 Å². The SMILES string of the molecule is CC(C)(C)OC(=O)NCCC(=O)N1CCC(CNC(=O)c2cccc(Cl)c2)CC1. The maximum Gasteiger partial charge on any atom is 0.407 e. The lowest BCUT2D eigenvalue weighted by molar-refractivity contribution is -0.132. The van der Waals surface area contributed by atoms with Gasteiger partial charge in [-0.2, -0.15) is 0 Å². The molecular formula is C21H30ClN3O4. The molecule has 0 unspecified atom stereocenters. The van der Waals surface area contributed by atoms with Crippen LogP contribution in [0.3, 0.4) is 0 Å². The predicted octanol–water partition coefficient (Wildman–Crippen LogP) is 3.22. The summed E-state index contributed by atoms with van der Waals surface area (Å²) in [5.41, 5.74) is -0.0133. The first-order valence-electron chi connectivity index (χ1n) is 9.92. The van der Waals surface area contributed by atoms with Gasteiger partial charge < -0.3 is 20.3 Å². The summed E-state index contributed by atoms with van der Waals surface area (Å²) in [6.45, 7) is 7.51. The summed E-state index contributed by atoms with van der Waals surface area (Å²) < 4.78 is 5.15. The molecule has 0 atom stereocenters. The Morgan fingerprint density at radius 3 is 2.48 bits per heavy atom. The Morgan fingerprint density at radius 2 is 1.86 bits per heavy atom. The molecule has 7 nitrogen and oxygen atoms in total. The topological polar surface area (TPSA) is 87.7 Å². The number of rotatable bonds is 6. The van der Waals surface area contributed by atoms with Crippen molar-refractivity contribution in [3.8, 4) is 0 Å². The molecule has 160 valence electrons. The summed E-state index contributed by atoms with van der Waals surface area (Å²) in [7, 11) is 0. The van der Waals surface area contributed by atoms with E-state index in [9.17, 15) is 14.4 Å². The van der Waals surface area contributed by atoms with Crippen LogP contribution in [-0.4, -0.2) is 54.6 Å². The van der Waals surface area contributed by atoms with Gasteiger partial charge in [0.2, 0.25) is 5.91 Å². The monoisotopic (exact) mass is 423 g/mol. The van der Waals surface area contributed by atoms with Gasteiger partial charge >= 0.3 is 6.09 Å². The zero-order chi connectivity index (χ0) is 21.4. The maximum absolute atomic E-state index is 12.3. The quantitative estimate of drug-likeness (QED) is 0.735. The van der Waals surface area contributed by atoms with Crippen LogP contribution in [-0.2, 0) is 9.53 Å². The minimum atomic E-state index is -0.557. The van der Waals surface area contributed by atoms with E-state index in [4.69, 9.17) is 16.3 Å². The second-order valence-corrected chi connectivity index (χ2v) is 8.66. The highest BCUT2D eigenvalue weighted by atomic mass is 35.5. The Hall–Kier alpha value is -2.28. The van der Waals surface area contributed by atoms with E-state index in [-0.39, 0.29) is 24.8 Å². The average Bonchev–Trinajstić information content (AvgIpc) is 2.65. The van der Waals surface area contributed by atoms with E-state index < -0.39 is 11.7 Å². The first-order chi connectivity index (χ1) is 13.6. The third kappa shape index (κ3) is 8.31. The van der Waals surface area contributed by atoms with Crippen molar-refractivity contribution in [3.05, 3.63) is 34.9 Å². The molecule has 3 amide bonds. The van der Waals surface area contributed by atoms with E-state index in [0.29, 0.717) is 36.1 Å². The number of benzene rings is 1. The van der Waals surface area contributed by atoms with Crippen LogP contribution in [0.25, 0.3) is 0 Å². The van der Waals surface area contributed by atoms with Crippen molar-refractivity contribution >= 4 is 29.5 Å². The summed E-state index contributed by atoms with van der Waals surface area (Å²) in [4.78, 5) is 37.9. The van der Waals surface area contributed by atoms with Crippen molar-refractivity contribution < 1.29 is 19.1 Å². The van der Waals surface area contributed by atoms with Crippen molar-refractivity contribution in [2.24, 2.45) is 5.92 Å². The van der Waals surface area contributed by atoms with Gasteiger partial charge in [0, 0.05) is 43.2 Å². The van der Waals surface area contributed by atoms with Crippen molar-refractivity contribution in [2.45, 2.75) is 45.6 Å². The van der Waals surface area contributed by atoms with Crippen molar-refractivity contribution in [2.75, 3.05) is 26.2 Å². The van der Waals surface area contributed by atoms with E-state index in [1.54, 1.807) is 45.0 Å². The summed E-state index contributed by atoms with van der Waals surface area (Å²) in [5, 5.41) is 6.08. The van der Waals surface area contributed by atoms with Gasteiger partial charge in [-0.25, -0.2) is 4.79 Å². The van der Waals surface area contributed by atoms with Gasteiger partial charge in [0.25, 0.3) is 5.91 Å². The minimum absolute atomic E-state index is 0.0162. The lowest BCUT2D eigenvalue weighted by atomic mass is 9.96. The molecule has 1 aromatic rings. The summed E-state index contributed by atoms with van der Waals surface area (Å²) in [5.74, 6) is 0.212. The molecule has 1 fully saturated rings. The third-order valence-electron chi connectivity index (χ3n) is 4.61. The predicted molar refractivity (Wildman–Crippen MR) is 112 cm³/mol. The smallest absolute Gasteiger partial charge is 0.407 e. The number of nitrogens with one attached hydrogen (secondary N) is 2. The molecule has 0 saturated carbocycles. The number of carbonyl (C=O) groups is 3. The number of amides is 3. The highest BCUT2D eigenvalue weighted by Gasteiger charge is 2.23. The lowest BCUT2D eigenvalue weighted by Crippen LogP contribution is -2.42. The molecule has 0 bridgehead atoms. The maximum atomic E-state index is 12.3. The molecule has 0 aromatic heterocycles. The molecule has 1 aromatic carbocycles. The van der Waals surface area contributed by atoms with Gasteiger partial charge in [-0.05, 0) is 57.7 Å². The number of hydrogen-bond donors (Lipinski definition) is 2. The normalized spacial score (nSPS) is 15.0. The number of carbonyl (C=O) groups excluding carboxylic acids is 3. The Kier molecular flexibility index (Phi) is 8.32. The molecule has 8 heteroatoms. The van der Waals surface area contributed by atoms with E-state index in [1.165, 1.54) is 0 Å². The number of piperidine rings is 1. The molecule has 1 saturated heterocycles. The Labute approximate surface area is 177 Å². The van der Waals surface area contributed by atoms with Crippen LogP contribution in [0.4, 0.5) is 4.79 Å². The highest BCUT2D eigenvalue weighted by molar-refractivity contribution is 6.30. The van der Waals surface area contributed by atoms with E-state index >= 15 is 0 Å². The fourth-order valence-corrected chi connectivity index (χ4v) is 3.29. The van der Waals surface area contributed by atoms with Crippen LogP contribution in [0.15, 0.2) is 24.3 Å². The van der Waals surface area contributed by atoms with Crippen molar-refractivity contribution in [1.82, 2.24) is 15.5 Å².